The maximum absolute atomic E-state index is 13.8. The molecule has 9 nitrogen and oxygen atoms in total. The summed E-state index contributed by atoms with van der Waals surface area (Å²) in [5.74, 6) is -0.905. The van der Waals surface area contributed by atoms with Gasteiger partial charge in [-0.15, -0.1) is 0 Å². The number of para-hydroxylation sites is 1. The van der Waals surface area contributed by atoms with Gasteiger partial charge >= 0.3 is 0 Å². The average molecular weight is 603 g/mol. The molecule has 2 amide bonds. The summed E-state index contributed by atoms with van der Waals surface area (Å²) in [5.41, 5.74) is 3.57. The number of carbonyl (C=O) groups is 2. The minimum Gasteiger partial charge on any atom is -0.455 e. The van der Waals surface area contributed by atoms with E-state index in [1.165, 1.54) is 31.3 Å². The van der Waals surface area contributed by atoms with Crippen LogP contribution in [0.5, 0.6) is 0 Å². The smallest absolute Gasteiger partial charge is 0.270 e. The van der Waals surface area contributed by atoms with Gasteiger partial charge in [-0.2, -0.15) is 0 Å². The maximum atomic E-state index is 13.8. The molecule has 3 heterocycles. The van der Waals surface area contributed by atoms with Gasteiger partial charge in [-0.3, -0.25) is 14.3 Å². The molecule has 2 aromatic heterocycles. The van der Waals surface area contributed by atoms with Crippen molar-refractivity contribution in [2.75, 3.05) is 31.1 Å². The molecule has 0 spiro atoms. The number of fused-ring (bicyclic) bond motifs is 2. The second-order valence-electron chi connectivity index (χ2n) is 10.9. The maximum Gasteiger partial charge on any atom is 0.270 e. The van der Waals surface area contributed by atoms with Crippen LogP contribution in [0.3, 0.4) is 0 Å². The lowest BCUT2D eigenvalue weighted by atomic mass is 9.88. The Kier molecular flexibility index (Phi) is 7.21. The zero-order chi connectivity index (χ0) is 30.5. The minimum absolute atomic E-state index is 0.102. The van der Waals surface area contributed by atoms with Crippen LogP contribution in [0.15, 0.2) is 71.1 Å². The van der Waals surface area contributed by atoms with Gasteiger partial charge in [0.05, 0.1) is 17.5 Å². The number of hydrogen-bond acceptors (Lipinski definition) is 5. The van der Waals surface area contributed by atoms with Gasteiger partial charge in [-0.25, -0.2) is 12.8 Å². The number of nitrogens with zero attached hydrogens (tertiary/aromatic N) is 2. The first-order valence-electron chi connectivity index (χ1n) is 13.9. The molecule has 0 saturated carbocycles. The Morgan fingerprint density at radius 3 is 2.49 bits per heavy atom. The van der Waals surface area contributed by atoms with E-state index in [0.29, 0.717) is 59.4 Å². The van der Waals surface area contributed by atoms with Crippen molar-refractivity contribution in [3.63, 3.8) is 0 Å². The molecule has 0 radical (unpaired) electrons. The Labute approximate surface area is 248 Å². The number of piperidine rings is 1. The summed E-state index contributed by atoms with van der Waals surface area (Å²) in [6.45, 7) is 0.931. The first kappa shape index (κ1) is 28.5. The number of rotatable bonds is 6. The molecule has 0 bridgehead atoms. The number of anilines is 1. The van der Waals surface area contributed by atoms with Gasteiger partial charge in [-0.05, 0) is 60.9 Å². The van der Waals surface area contributed by atoms with Gasteiger partial charge in [0.2, 0.25) is 10.0 Å². The largest absolute Gasteiger partial charge is 0.455 e. The van der Waals surface area contributed by atoms with Crippen LogP contribution in [0.25, 0.3) is 33.2 Å². The lowest BCUT2D eigenvalue weighted by Crippen LogP contribution is -2.40. The van der Waals surface area contributed by atoms with Crippen molar-refractivity contribution in [3.05, 3.63) is 89.4 Å². The highest BCUT2D eigenvalue weighted by molar-refractivity contribution is 7.92. The molecule has 2 N–H and O–H groups in total. The van der Waals surface area contributed by atoms with E-state index in [1.54, 1.807) is 17.0 Å². The molecule has 0 aliphatic carbocycles. The van der Waals surface area contributed by atoms with Gasteiger partial charge in [0.15, 0.2) is 0 Å². The SMILES string of the molecule is CNC(=O)c1c(-c2ccc(F)cc2)oc2cc(NS(C)(=O)=O)c([C@@H]3CCCN(C(=O)c4cc5ccccc5n4C)C3)cc12. The van der Waals surface area contributed by atoms with E-state index < -0.39 is 21.7 Å². The highest BCUT2D eigenvalue weighted by Crippen LogP contribution is 2.41. The fourth-order valence-electron chi connectivity index (χ4n) is 6.01. The molecule has 0 unspecified atom stereocenters. The van der Waals surface area contributed by atoms with Crippen LogP contribution in [-0.2, 0) is 17.1 Å². The lowest BCUT2D eigenvalue weighted by molar-refractivity contribution is 0.0698. The fraction of sp³-hybridized carbons (Fsp3) is 0.250. The lowest BCUT2D eigenvalue weighted by Gasteiger charge is -2.34. The third kappa shape index (κ3) is 5.36. The summed E-state index contributed by atoms with van der Waals surface area (Å²) >= 11 is 0. The zero-order valence-corrected chi connectivity index (χ0v) is 24.8. The Morgan fingerprint density at radius 2 is 1.79 bits per heavy atom. The van der Waals surface area contributed by atoms with Crippen LogP contribution in [0, 0.1) is 5.82 Å². The number of benzene rings is 3. The Balaban J connectivity index is 1.44. The van der Waals surface area contributed by atoms with Gasteiger partial charge in [0.1, 0.15) is 22.9 Å². The first-order valence-corrected chi connectivity index (χ1v) is 15.8. The van der Waals surface area contributed by atoms with E-state index in [0.717, 1.165) is 17.2 Å². The highest BCUT2D eigenvalue weighted by atomic mass is 32.2. The standard InChI is InChI=1S/C32H31FN4O5S/c1-34-31(38)29-24-16-23(25(35-43(3,40)41)17-28(24)42-30(29)19-10-12-22(33)13-11-19)21-8-6-14-37(18-21)32(39)27-15-20-7-4-5-9-26(20)36(27)2/h4-5,7,9-13,15-17,21,35H,6,8,14,18H2,1-3H3,(H,34,38)/t21-/m1/s1. The van der Waals surface area contributed by atoms with Crippen molar-refractivity contribution < 1.29 is 26.8 Å². The summed E-state index contributed by atoms with van der Waals surface area (Å²) in [6, 6.07) is 18.7. The summed E-state index contributed by atoms with van der Waals surface area (Å²) in [4.78, 5) is 28.7. The number of hydrogen-bond donors (Lipinski definition) is 2. The van der Waals surface area contributed by atoms with E-state index in [9.17, 15) is 22.4 Å². The predicted molar refractivity (Wildman–Crippen MR) is 164 cm³/mol. The molecule has 1 saturated heterocycles. The topological polar surface area (TPSA) is 114 Å². The number of aryl methyl sites for hydroxylation is 1. The summed E-state index contributed by atoms with van der Waals surface area (Å²) in [7, 11) is -0.298. The molecule has 3 aromatic carbocycles. The number of carbonyl (C=O) groups excluding carboxylic acids is 2. The molecule has 222 valence electrons. The minimum atomic E-state index is -3.68. The number of halogens is 1. The Morgan fingerprint density at radius 1 is 1.05 bits per heavy atom. The van der Waals surface area contributed by atoms with E-state index in [-0.39, 0.29) is 23.1 Å². The van der Waals surface area contributed by atoms with Crippen molar-refractivity contribution in [1.29, 1.82) is 0 Å². The monoisotopic (exact) mass is 602 g/mol. The molecule has 1 fully saturated rings. The van der Waals surface area contributed by atoms with Gasteiger partial charge in [-0.1, -0.05) is 18.2 Å². The average Bonchev–Trinajstić information content (AvgIpc) is 3.53. The number of furan rings is 1. The van der Waals surface area contributed by atoms with E-state index >= 15 is 0 Å². The Hall–Kier alpha value is -4.64. The van der Waals surface area contributed by atoms with Crippen molar-refractivity contribution in [2.45, 2.75) is 18.8 Å². The first-order chi connectivity index (χ1) is 20.5. The van der Waals surface area contributed by atoms with Crippen molar-refractivity contribution in [2.24, 2.45) is 7.05 Å². The zero-order valence-electron chi connectivity index (χ0n) is 24.0. The van der Waals surface area contributed by atoms with Crippen LogP contribution in [0.1, 0.15) is 45.2 Å². The number of aromatic nitrogens is 1. The highest BCUT2D eigenvalue weighted by Gasteiger charge is 2.31. The number of sulfonamides is 1. The van der Waals surface area contributed by atoms with Gasteiger partial charge in [0, 0.05) is 61.0 Å². The van der Waals surface area contributed by atoms with Crippen LogP contribution < -0.4 is 10.0 Å². The van der Waals surface area contributed by atoms with Gasteiger partial charge in [0.25, 0.3) is 11.8 Å². The van der Waals surface area contributed by atoms with Crippen LogP contribution in [0.2, 0.25) is 0 Å². The summed E-state index contributed by atoms with van der Waals surface area (Å²) in [5, 5.41) is 4.12. The predicted octanol–water partition coefficient (Wildman–Crippen LogP) is 5.48. The summed E-state index contributed by atoms with van der Waals surface area (Å²) < 4.78 is 49.1. The quantitative estimate of drug-likeness (QED) is 0.267. The molecular formula is C32H31FN4O5S. The molecular weight excluding hydrogens is 571 g/mol. The molecule has 11 heteroatoms. The normalized spacial score (nSPS) is 15.6. The number of likely N-dealkylation sites (tertiary alicyclic amines) is 1. The fourth-order valence-corrected chi connectivity index (χ4v) is 6.59. The summed E-state index contributed by atoms with van der Waals surface area (Å²) in [6.07, 6.45) is 2.49. The van der Waals surface area contributed by atoms with Crippen LogP contribution in [-0.4, -0.2) is 56.1 Å². The van der Waals surface area contributed by atoms with Crippen LogP contribution in [0.4, 0.5) is 10.1 Å². The van der Waals surface area contributed by atoms with Gasteiger partial charge < -0.3 is 19.2 Å². The van der Waals surface area contributed by atoms with Crippen molar-refractivity contribution in [1.82, 2.24) is 14.8 Å². The molecule has 6 rings (SSSR count). The molecule has 43 heavy (non-hydrogen) atoms. The van der Waals surface area contributed by atoms with Crippen molar-refractivity contribution >= 4 is 49.4 Å². The second-order valence-corrected chi connectivity index (χ2v) is 12.7. The molecule has 1 aliphatic heterocycles. The number of nitrogens with one attached hydrogen (secondary N) is 2. The molecule has 1 aliphatic rings. The molecule has 1 atom stereocenters. The van der Waals surface area contributed by atoms with E-state index in [2.05, 4.69) is 10.0 Å². The van der Waals surface area contributed by atoms with Crippen LogP contribution >= 0.6 is 0 Å². The molecule has 5 aromatic rings. The second kappa shape index (κ2) is 10.9. The van der Waals surface area contributed by atoms with E-state index in [1.807, 2.05) is 41.9 Å². The van der Waals surface area contributed by atoms with E-state index in [4.69, 9.17) is 4.42 Å². The van der Waals surface area contributed by atoms with Crippen molar-refractivity contribution in [3.8, 4) is 11.3 Å². The third-order valence-electron chi connectivity index (χ3n) is 8.04. The Bertz CT molecular complexity index is 2000. The number of amides is 2. The third-order valence-corrected chi connectivity index (χ3v) is 8.63.